The highest BCUT2D eigenvalue weighted by Crippen LogP contribution is 2.47. The first-order chi connectivity index (χ1) is 11.8. The van der Waals surface area contributed by atoms with Crippen molar-refractivity contribution >= 4 is 16.8 Å². The largest absolute Gasteiger partial charge is 0.356 e. The molecule has 1 fully saturated rings. The minimum absolute atomic E-state index is 0.151. The molecule has 0 bridgehead atoms. The fraction of sp³-hybridized carbons (Fsp3) is 0.300. The van der Waals surface area contributed by atoms with Crippen LogP contribution in [0.15, 0.2) is 60.8 Å². The summed E-state index contributed by atoms with van der Waals surface area (Å²) in [5.41, 5.74) is 2.43. The fourth-order valence-electron chi connectivity index (χ4n) is 3.33. The fourth-order valence-corrected chi connectivity index (χ4v) is 3.33. The van der Waals surface area contributed by atoms with Crippen molar-refractivity contribution in [3.8, 4) is 0 Å². The monoisotopic (exact) mass is 319 g/mol. The van der Waals surface area contributed by atoms with Crippen LogP contribution in [0.2, 0.25) is 0 Å². The van der Waals surface area contributed by atoms with Crippen molar-refractivity contribution in [2.45, 2.75) is 25.3 Å². The Labute approximate surface area is 141 Å². The molecule has 0 aliphatic heterocycles. The van der Waals surface area contributed by atoms with Crippen LogP contribution in [0, 0.1) is 5.92 Å². The first-order valence-corrected chi connectivity index (χ1v) is 8.56. The molecular weight excluding hydrogens is 298 g/mol. The van der Waals surface area contributed by atoms with Crippen molar-refractivity contribution in [2.75, 3.05) is 6.54 Å². The predicted molar refractivity (Wildman–Crippen MR) is 94.6 cm³/mol. The van der Waals surface area contributed by atoms with Crippen LogP contribution in [0.25, 0.3) is 10.9 Å². The van der Waals surface area contributed by atoms with Gasteiger partial charge in [0.1, 0.15) is 0 Å². The number of hydrogen-bond donors (Lipinski definition) is 1. The van der Waals surface area contributed by atoms with E-state index in [1.807, 2.05) is 41.2 Å². The second kappa shape index (κ2) is 6.48. The van der Waals surface area contributed by atoms with Gasteiger partial charge in [-0.3, -0.25) is 9.48 Å². The summed E-state index contributed by atoms with van der Waals surface area (Å²) >= 11 is 0. The Balaban J connectivity index is 1.24. The van der Waals surface area contributed by atoms with Gasteiger partial charge in [-0.15, -0.1) is 0 Å². The van der Waals surface area contributed by atoms with Crippen LogP contribution in [0.1, 0.15) is 24.3 Å². The topological polar surface area (TPSA) is 46.9 Å². The van der Waals surface area contributed by atoms with Gasteiger partial charge in [0, 0.05) is 24.4 Å². The van der Waals surface area contributed by atoms with E-state index in [9.17, 15) is 4.79 Å². The highest BCUT2D eigenvalue weighted by Gasteiger charge is 2.43. The highest BCUT2D eigenvalue weighted by molar-refractivity contribution is 5.82. The molecule has 0 saturated heterocycles. The minimum Gasteiger partial charge on any atom is -0.356 e. The van der Waals surface area contributed by atoms with E-state index in [2.05, 4.69) is 34.7 Å². The van der Waals surface area contributed by atoms with Gasteiger partial charge in [-0.25, -0.2) is 0 Å². The maximum Gasteiger partial charge on any atom is 0.223 e. The molecule has 1 aliphatic rings. The summed E-state index contributed by atoms with van der Waals surface area (Å²) < 4.78 is 2.01. The predicted octanol–water partition coefficient (Wildman–Crippen LogP) is 3.35. The van der Waals surface area contributed by atoms with Crippen molar-refractivity contribution < 1.29 is 4.79 Å². The van der Waals surface area contributed by atoms with Crippen molar-refractivity contribution in [1.29, 1.82) is 0 Å². The number of rotatable bonds is 6. The third kappa shape index (κ3) is 3.04. The lowest BCUT2D eigenvalue weighted by atomic mass is 10.1. The van der Waals surface area contributed by atoms with E-state index in [0.29, 0.717) is 12.5 Å². The van der Waals surface area contributed by atoms with E-state index in [1.165, 1.54) is 5.56 Å². The number of carbonyl (C=O) groups is 1. The van der Waals surface area contributed by atoms with Crippen molar-refractivity contribution in [3.05, 3.63) is 66.4 Å². The standard InChI is InChI=1S/C20H21N3O/c24-20(18-13-17(18)15-7-2-1-3-8-15)21-11-6-12-23-19-10-5-4-9-16(19)14-22-23/h1-5,7-10,14,17-18H,6,11-13H2,(H,21,24). The molecule has 1 N–H and O–H groups in total. The normalized spacial score (nSPS) is 19.3. The van der Waals surface area contributed by atoms with Gasteiger partial charge in [-0.1, -0.05) is 48.5 Å². The number of fused-ring (bicyclic) bond motifs is 1. The Morgan fingerprint density at radius 3 is 2.79 bits per heavy atom. The molecule has 1 aliphatic carbocycles. The van der Waals surface area contributed by atoms with Crippen molar-refractivity contribution in [3.63, 3.8) is 0 Å². The molecule has 4 heteroatoms. The molecule has 1 heterocycles. The zero-order valence-electron chi connectivity index (χ0n) is 13.6. The summed E-state index contributed by atoms with van der Waals surface area (Å²) in [6, 6.07) is 18.5. The average Bonchev–Trinajstić information content (AvgIpc) is 3.34. The van der Waals surface area contributed by atoms with Crippen LogP contribution in [0.5, 0.6) is 0 Å². The summed E-state index contributed by atoms with van der Waals surface area (Å²) in [6.07, 6.45) is 3.75. The third-order valence-electron chi connectivity index (χ3n) is 4.75. The number of hydrogen-bond acceptors (Lipinski definition) is 2. The lowest BCUT2D eigenvalue weighted by Crippen LogP contribution is -2.27. The number of nitrogens with zero attached hydrogens (tertiary/aromatic N) is 2. The van der Waals surface area contributed by atoms with Crippen LogP contribution in [-0.4, -0.2) is 22.2 Å². The molecule has 1 amide bonds. The SMILES string of the molecule is O=C(NCCCn1ncc2ccccc21)C1CC1c1ccccc1. The summed E-state index contributed by atoms with van der Waals surface area (Å²) in [6.45, 7) is 1.52. The lowest BCUT2D eigenvalue weighted by molar-refractivity contribution is -0.122. The maximum absolute atomic E-state index is 12.2. The second-order valence-electron chi connectivity index (χ2n) is 6.43. The number of carbonyl (C=O) groups excluding carboxylic acids is 1. The molecular formula is C20H21N3O. The first kappa shape index (κ1) is 14.9. The minimum atomic E-state index is 0.151. The van der Waals surface area contributed by atoms with Gasteiger partial charge in [-0.2, -0.15) is 5.10 Å². The zero-order valence-corrected chi connectivity index (χ0v) is 13.6. The molecule has 2 atom stereocenters. The van der Waals surface area contributed by atoms with E-state index in [-0.39, 0.29) is 11.8 Å². The van der Waals surface area contributed by atoms with Crippen molar-refractivity contribution in [2.24, 2.45) is 5.92 Å². The van der Waals surface area contributed by atoms with E-state index in [0.717, 1.165) is 30.3 Å². The molecule has 1 saturated carbocycles. The molecule has 0 radical (unpaired) electrons. The summed E-state index contributed by atoms with van der Waals surface area (Å²) in [4.78, 5) is 12.2. The van der Waals surface area contributed by atoms with Gasteiger partial charge in [0.2, 0.25) is 5.91 Å². The highest BCUT2D eigenvalue weighted by atomic mass is 16.2. The number of aryl methyl sites for hydroxylation is 1. The van der Waals surface area contributed by atoms with Gasteiger partial charge >= 0.3 is 0 Å². The van der Waals surface area contributed by atoms with Crippen LogP contribution < -0.4 is 5.32 Å². The Morgan fingerprint density at radius 1 is 1.12 bits per heavy atom. The summed E-state index contributed by atoms with van der Waals surface area (Å²) in [5, 5.41) is 8.65. The zero-order chi connectivity index (χ0) is 16.4. The second-order valence-corrected chi connectivity index (χ2v) is 6.43. The molecule has 24 heavy (non-hydrogen) atoms. The third-order valence-corrected chi connectivity index (χ3v) is 4.75. The average molecular weight is 319 g/mol. The molecule has 1 aromatic heterocycles. The number of benzene rings is 2. The van der Waals surface area contributed by atoms with E-state index in [1.54, 1.807) is 0 Å². The Kier molecular flexibility index (Phi) is 4.03. The molecule has 2 aromatic carbocycles. The number of para-hydroxylation sites is 1. The summed E-state index contributed by atoms with van der Waals surface area (Å²) in [7, 11) is 0. The number of nitrogens with one attached hydrogen (secondary N) is 1. The lowest BCUT2D eigenvalue weighted by Gasteiger charge is -2.06. The van der Waals surface area contributed by atoms with E-state index in [4.69, 9.17) is 0 Å². The first-order valence-electron chi connectivity index (χ1n) is 8.56. The van der Waals surface area contributed by atoms with E-state index >= 15 is 0 Å². The molecule has 4 rings (SSSR count). The Bertz CT molecular complexity index is 840. The van der Waals surface area contributed by atoms with Crippen molar-refractivity contribution in [1.82, 2.24) is 15.1 Å². The van der Waals surface area contributed by atoms with Gasteiger partial charge in [0.05, 0.1) is 11.7 Å². The molecule has 3 aromatic rings. The smallest absolute Gasteiger partial charge is 0.223 e. The molecule has 122 valence electrons. The number of aromatic nitrogens is 2. The van der Waals surface area contributed by atoms with Gasteiger partial charge < -0.3 is 5.32 Å². The molecule has 0 spiro atoms. The molecule has 4 nitrogen and oxygen atoms in total. The Morgan fingerprint density at radius 2 is 1.92 bits per heavy atom. The number of amides is 1. The quantitative estimate of drug-likeness (QED) is 0.708. The molecule has 2 unspecified atom stereocenters. The Hall–Kier alpha value is -2.62. The van der Waals surface area contributed by atoms with Gasteiger partial charge in [-0.05, 0) is 30.4 Å². The van der Waals surface area contributed by atoms with Crippen LogP contribution >= 0.6 is 0 Å². The van der Waals surface area contributed by atoms with Gasteiger partial charge in [0.15, 0.2) is 0 Å². The summed E-state index contributed by atoms with van der Waals surface area (Å²) in [5.74, 6) is 0.744. The van der Waals surface area contributed by atoms with Crippen LogP contribution in [0.3, 0.4) is 0 Å². The van der Waals surface area contributed by atoms with Crippen LogP contribution in [-0.2, 0) is 11.3 Å². The van der Waals surface area contributed by atoms with E-state index < -0.39 is 0 Å². The maximum atomic E-state index is 12.2. The van der Waals surface area contributed by atoms with Crippen LogP contribution in [0.4, 0.5) is 0 Å². The van der Waals surface area contributed by atoms with Gasteiger partial charge in [0.25, 0.3) is 0 Å².